The highest BCUT2D eigenvalue weighted by atomic mass is 19.1. The van der Waals surface area contributed by atoms with Gasteiger partial charge in [0.15, 0.2) is 0 Å². The lowest BCUT2D eigenvalue weighted by atomic mass is 9.87. The van der Waals surface area contributed by atoms with Gasteiger partial charge in [-0.05, 0) is 31.0 Å². The molecule has 5 nitrogen and oxygen atoms in total. The van der Waals surface area contributed by atoms with Crippen LogP contribution in [0.2, 0.25) is 0 Å². The van der Waals surface area contributed by atoms with Crippen molar-refractivity contribution in [2.75, 3.05) is 6.54 Å². The molecule has 0 unspecified atom stereocenters. The number of halogens is 1. The molecule has 1 N–H and O–H groups in total. The molecule has 112 valence electrons. The quantitative estimate of drug-likeness (QED) is 0.844. The van der Waals surface area contributed by atoms with Gasteiger partial charge in [-0.25, -0.2) is 9.18 Å². The Morgan fingerprint density at radius 1 is 1.29 bits per heavy atom. The number of hydrogen-bond donors (Lipinski definition) is 1. The number of ketones is 1. The molecule has 1 aromatic carbocycles. The van der Waals surface area contributed by atoms with Gasteiger partial charge in [0.1, 0.15) is 17.1 Å². The van der Waals surface area contributed by atoms with Crippen LogP contribution in [0, 0.1) is 5.82 Å². The zero-order valence-corrected chi connectivity index (χ0v) is 12.0. The number of benzene rings is 1. The topological polar surface area (TPSA) is 66.5 Å². The van der Waals surface area contributed by atoms with Gasteiger partial charge in [0, 0.05) is 13.0 Å². The molecule has 2 rings (SSSR count). The minimum absolute atomic E-state index is 0.0585. The van der Waals surface area contributed by atoms with E-state index in [1.54, 1.807) is 6.92 Å². The number of carbonyl (C=O) groups is 3. The summed E-state index contributed by atoms with van der Waals surface area (Å²) >= 11 is 0. The molecule has 0 spiro atoms. The van der Waals surface area contributed by atoms with E-state index in [0.29, 0.717) is 12.0 Å². The molecule has 0 radical (unpaired) electrons. The third-order valence-electron chi connectivity index (χ3n) is 3.73. The molecule has 21 heavy (non-hydrogen) atoms. The molecule has 1 aromatic rings. The lowest BCUT2D eigenvalue weighted by Crippen LogP contribution is -2.43. The van der Waals surface area contributed by atoms with E-state index in [4.69, 9.17) is 0 Å². The second-order valence-electron chi connectivity index (χ2n) is 5.10. The molecule has 3 amide bonds. The third-order valence-corrected chi connectivity index (χ3v) is 3.73. The van der Waals surface area contributed by atoms with Crippen molar-refractivity contribution in [2.45, 2.75) is 32.2 Å². The first-order chi connectivity index (χ1) is 9.90. The Balaban J connectivity index is 2.32. The van der Waals surface area contributed by atoms with Crippen LogP contribution in [0.3, 0.4) is 0 Å². The predicted octanol–water partition coefficient (Wildman–Crippen LogP) is 1.96. The summed E-state index contributed by atoms with van der Waals surface area (Å²) in [7, 11) is 0. The van der Waals surface area contributed by atoms with Gasteiger partial charge in [-0.3, -0.25) is 14.5 Å². The third kappa shape index (κ3) is 2.66. The number of nitrogens with zero attached hydrogens (tertiary/aromatic N) is 1. The highest BCUT2D eigenvalue weighted by molar-refractivity contribution is 6.07. The monoisotopic (exact) mass is 292 g/mol. The Bertz CT molecular complexity index is 585. The molecule has 1 heterocycles. The van der Waals surface area contributed by atoms with Gasteiger partial charge in [0.05, 0.1) is 0 Å². The molecular weight excluding hydrogens is 275 g/mol. The van der Waals surface area contributed by atoms with Crippen LogP contribution in [0.25, 0.3) is 0 Å². The standard InChI is InChI=1S/C15H17FN2O3/c1-3-15(11-4-6-12(16)7-5-11)13(20)18(14(21)17-15)9-8-10(2)19/h4-7H,3,8-9H2,1-2H3,(H,17,21)/t15-/m1/s1. The zero-order valence-electron chi connectivity index (χ0n) is 12.0. The molecule has 6 heteroatoms. The molecule has 1 saturated heterocycles. The van der Waals surface area contributed by atoms with Crippen molar-refractivity contribution in [1.29, 1.82) is 0 Å². The second kappa shape index (κ2) is 5.63. The SMILES string of the molecule is CC[C@]1(c2ccc(F)cc2)NC(=O)N(CCC(C)=O)C1=O. The number of urea groups is 1. The maximum atomic E-state index is 13.0. The molecule has 1 atom stereocenters. The fourth-order valence-corrected chi connectivity index (χ4v) is 2.47. The minimum atomic E-state index is -1.18. The first-order valence-electron chi connectivity index (χ1n) is 6.80. The van der Waals surface area contributed by atoms with Crippen LogP contribution < -0.4 is 5.32 Å². The molecular formula is C15H17FN2O3. The summed E-state index contributed by atoms with van der Waals surface area (Å²) in [5.41, 5.74) is -0.642. The number of carbonyl (C=O) groups excluding carboxylic acids is 3. The van der Waals surface area contributed by atoms with Crippen LogP contribution in [0.15, 0.2) is 24.3 Å². The van der Waals surface area contributed by atoms with Gasteiger partial charge in [0.2, 0.25) is 0 Å². The molecule has 0 bridgehead atoms. The van der Waals surface area contributed by atoms with Gasteiger partial charge in [0.25, 0.3) is 5.91 Å². The molecule has 0 aliphatic carbocycles. The summed E-state index contributed by atoms with van der Waals surface area (Å²) in [4.78, 5) is 36.7. The summed E-state index contributed by atoms with van der Waals surface area (Å²) in [5, 5.41) is 2.68. The summed E-state index contributed by atoms with van der Waals surface area (Å²) in [5.74, 6) is -0.899. The van der Waals surface area contributed by atoms with E-state index in [-0.39, 0.29) is 18.7 Å². The average Bonchev–Trinajstić information content (AvgIpc) is 2.69. The lowest BCUT2D eigenvalue weighted by Gasteiger charge is -2.25. The van der Waals surface area contributed by atoms with Gasteiger partial charge < -0.3 is 5.32 Å². The van der Waals surface area contributed by atoms with Gasteiger partial charge >= 0.3 is 6.03 Å². The van der Waals surface area contributed by atoms with Crippen LogP contribution in [0.1, 0.15) is 32.3 Å². The van der Waals surface area contributed by atoms with Crippen LogP contribution in [0.4, 0.5) is 9.18 Å². The lowest BCUT2D eigenvalue weighted by molar-refractivity contribution is -0.132. The molecule has 1 fully saturated rings. The second-order valence-corrected chi connectivity index (χ2v) is 5.10. The number of hydrogen-bond acceptors (Lipinski definition) is 3. The first-order valence-corrected chi connectivity index (χ1v) is 6.80. The highest BCUT2D eigenvalue weighted by Crippen LogP contribution is 2.32. The fraction of sp³-hybridized carbons (Fsp3) is 0.400. The molecule has 1 aliphatic rings. The van der Waals surface area contributed by atoms with Gasteiger partial charge in [-0.1, -0.05) is 19.1 Å². The Morgan fingerprint density at radius 2 is 1.90 bits per heavy atom. The first kappa shape index (κ1) is 15.2. The average molecular weight is 292 g/mol. The Morgan fingerprint density at radius 3 is 2.43 bits per heavy atom. The summed E-state index contributed by atoms with van der Waals surface area (Å²) in [6, 6.07) is 4.97. The predicted molar refractivity (Wildman–Crippen MR) is 73.9 cm³/mol. The van der Waals surface area contributed by atoms with Crippen molar-refractivity contribution in [3.63, 3.8) is 0 Å². The smallest absolute Gasteiger partial charge is 0.319 e. The normalized spacial score (nSPS) is 21.6. The summed E-state index contributed by atoms with van der Waals surface area (Å²) in [6.07, 6.45) is 0.474. The van der Waals surface area contributed by atoms with E-state index in [0.717, 1.165) is 4.90 Å². The Labute approximate surface area is 122 Å². The Kier molecular flexibility index (Phi) is 4.06. The fourth-order valence-electron chi connectivity index (χ4n) is 2.47. The molecule has 1 aliphatic heterocycles. The minimum Gasteiger partial charge on any atom is -0.319 e. The van der Waals surface area contributed by atoms with Crippen LogP contribution in [-0.2, 0) is 15.1 Å². The van der Waals surface area contributed by atoms with E-state index in [1.165, 1.54) is 31.2 Å². The zero-order chi connectivity index (χ0) is 15.6. The number of nitrogens with one attached hydrogen (secondary N) is 1. The Hall–Kier alpha value is -2.24. The van der Waals surface area contributed by atoms with E-state index in [2.05, 4.69) is 5.32 Å². The number of rotatable bonds is 5. The van der Waals surface area contributed by atoms with E-state index in [9.17, 15) is 18.8 Å². The van der Waals surface area contributed by atoms with Gasteiger partial charge in [-0.2, -0.15) is 0 Å². The summed E-state index contributed by atoms with van der Waals surface area (Å²) in [6.45, 7) is 3.24. The van der Waals surface area contributed by atoms with Crippen LogP contribution in [-0.4, -0.2) is 29.2 Å². The highest BCUT2D eigenvalue weighted by Gasteiger charge is 2.50. The van der Waals surface area contributed by atoms with Crippen molar-refractivity contribution in [2.24, 2.45) is 0 Å². The molecule has 0 aromatic heterocycles. The van der Waals surface area contributed by atoms with Crippen molar-refractivity contribution in [1.82, 2.24) is 10.2 Å². The van der Waals surface area contributed by atoms with Gasteiger partial charge in [-0.15, -0.1) is 0 Å². The van der Waals surface area contributed by atoms with Crippen LogP contribution >= 0.6 is 0 Å². The summed E-state index contributed by atoms with van der Waals surface area (Å²) < 4.78 is 13.0. The maximum absolute atomic E-state index is 13.0. The molecule has 0 saturated carbocycles. The van der Waals surface area contributed by atoms with E-state index >= 15 is 0 Å². The number of Topliss-reactive ketones (excluding diaryl/α,β-unsaturated/α-hetero) is 1. The van der Waals surface area contributed by atoms with E-state index < -0.39 is 23.3 Å². The number of imide groups is 1. The maximum Gasteiger partial charge on any atom is 0.325 e. The van der Waals surface area contributed by atoms with Crippen molar-refractivity contribution in [3.8, 4) is 0 Å². The van der Waals surface area contributed by atoms with Crippen LogP contribution in [0.5, 0.6) is 0 Å². The van der Waals surface area contributed by atoms with Crippen molar-refractivity contribution in [3.05, 3.63) is 35.6 Å². The number of amides is 3. The van der Waals surface area contributed by atoms with Crippen molar-refractivity contribution < 1.29 is 18.8 Å². The largest absolute Gasteiger partial charge is 0.325 e. The van der Waals surface area contributed by atoms with Crippen molar-refractivity contribution >= 4 is 17.7 Å². The van der Waals surface area contributed by atoms with E-state index in [1.807, 2.05) is 0 Å².